The van der Waals surface area contributed by atoms with Gasteiger partial charge in [0.05, 0.1) is 6.61 Å². The van der Waals surface area contributed by atoms with Gasteiger partial charge in [-0.3, -0.25) is 14.4 Å². The molecule has 2 atom stereocenters. The Hall–Kier alpha value is -2.57. The number of ether oxygens (including phenoxy) is 2. The average Bonchev–Trinajstić information content (AvgIpc) is 2.76. The molecule has 1 aromatic carbocycles. The van der Waals surface area contributed by atoms with E-state index < -0.39 is 5.97 Å². The van der Waals surface area contributed by atoms with Crippen LogP contribution >= 0.6 is 0 Å². The van der Waals surface area contributed by atoms with Gasteiger partial charge in [-0.15, -0.1) is 0 Å². The molecule has 1 N–H and O–H groups in total. The van der Waals surface area contributed by atoms with Gasteiger partial charge in [-0.2, -0.15) is 0 Å². The van der Waals surface area contributed by atoms with Gasteiger partial charge in [-0.25, -0.2) is 0 Å². The van der Waals surface area contributed by atoms with Crippen molar-refractivity contribution >= 4 is 17.8 Å². The molecule has 3 rings (SSSR count). The minimum atomic E-state index is -0.616. The Labute approximate surface area is 171 Å². The molecule has 1 aliphatic carbocycles. The van der Waals surface area contributed by atoms with E-state index in [0.29, 0.717) is 29.9 Å². The number of amides is 2. The van der Waals surface area contributed by atoms with Crippen LogP contribution in [0, 0.1) is 5.92 Å². The molecule has 158 valence electrons. The zero-order valence-corrected chi connectivity index (χ0v) is 17.0. The highest BCUT2D eigenvalue weighted by Crippen LogP contribution is 2.35. The SMILES string of the molecule is CCOc1ccc(C(=O)NCC(=O)OCC(=O)N2CCC[C@H]3CCCC[C@@H]32)cc1. The van der Waals surface area contributed by atoms with Gasteiger partial charge in [-0.05, 0) is 62.8 Å². The van der Waals surface area contributed by atoms with Gasteiger partial charge in [0.15, 0.2) is 6.61 Å². The lowest BCUT2D eigenvalue weighted by Gasteiger charge is -2.44. The summed E-state index contributed by atoms with van der Waals surface area (Å²) in [5, 5.41) is 2.52. The summed E-state index contributed by atoms with van der Waals surface area (Å²) in [5.41, 5.74) is 0.425. The number of carbonyl (C=O) groups excluding carboxylic acids is 3. The number of nitrogens with zero attached hydrogens (tertiary/aromatic N) is 1. The normalized spacial score (nSPS) is 21.1. The molecule has 1 aliphatic heterocycles. The molecule has 2 aliphatic rings. The molecule has 0 unspecified atom stereocenters. The number of hydrogen-bond donors (Lipinski definition) is 1. The van der Waals surface area contributed by atoms with E-state index in [1.165, 1.54) is 19.3 Å². The maximum atomic E-state index is 12.6. The van der Waals surface area contributed by atoms with Gasteiger partial charge in [0.1, 0.15) is 12.3 Å². The fraction of sp³-hybridized carbons (Fsp3) is 0.591. The minimum absolute atomic E-state index is 0.132. The average molecular weight is 402 g/mol. The van der Waals surface area contributed by atoms with Crippen molar-refractivity contribution in [2.24, 2.45) is 5.92 Å². The number of likely N-dealkylation sites (tertiary alicyclic amines) is 1. The maximum absolute atomic E-state index is 12.6. The second kappa shape index (κ2) is 10.3. The first-order valence-corrected chi connectivity index (χ1v) is 10.5. The lowest BCUT2D eigenvalue weighted by Crippen LogP contribution is -2.51. The van der Waals surface area contributed by atoms with Gasteiger partial charge in [-0.1, -0.05) is 12.8 Å². The van der Waals surface area contributed by atoms with E-state index in [-0.39, 0.29) is 25.0 Å². The monoisotopic (exact) mass is 402 g/mol. The van der Waals surface area contributed by atoms with Crippen molar-refractivity contribution in [1.29, 1.82) is 0 Å². The molecule has 2 amide bonds. The first-order chi connectivity index (χ1) is 14.1. The molecule has 2 fully saturated rings. The zero-order valence-electron chi connectivity index (χ0n) is 17.0. The largest absolute Gasteiger partial charge is 0.494 e. The Morgan fingerprint density at radius 1 is 1.07 bits per heavy atom. The number of carbonyl (C=O) groups is 3. The number of rotatable bonds is 7. The Balaban J connectivity index is 1.41. The second-order valence-electron chi connectivity index (χ2n) is 7.64. The van der Waals surface area contributed by atoms with Crippen LogP contribution in [0.3, 0.4) is 0 Å². The van der Waals surface area contributed by atoms with Gasteiger partial charge in [0, 0.05) is 18.2 Å². The van der Waals surface area contributed by atoms with E-state index in [2.05, 4.69) is 5.32 Å². The van der Waals surface area contributed by atoms with Crippen molar-refractivity contribution in [1.82, 2.24) is 10.2 Å². The van der Waals surface area contributed by atoms with Crippen molar-refractivity contribution in [2.75, 3.05) is 26.3 Å². The van der Waals surface area contributed by atoms with Crippen LogP contribution in [0.4, 0.5) is 0 Å². The molecule has 1 aromatic rings. The Morgan fingerprint density at radius 2 is 1.79 bits per heavy atom. The Kier molecular flexibility index (Phi) is 7.49. The maximum Gasteiger partial charge on any atom is 0.325 e. The molecule has 0 spiro atoms. The van der Waals surface area contributed by atoms with Crippen LogP contribution in [0.5, 0.6) is 5.75 Å². The first kappa shape index (κ1) is 21.1. The van der Waals surface area contributed by atoms with E-state index in [1.54, 1.807) is 24.3 Å². The molecule has 1 saturated heterocycles. The lowest BCUT2D eigenvalue weighted by molar-refractivity contribution is -0.154. The highest BCUT2D eigenvalue weighted by molar-refractivity contribution is 5.96. The van der Waals surface area contributed by atoms with Crippen LogP contribution in [0.15, 0.2) is 24.3 Å². The van der Waals surface area contributed by atoms with Crippen LogP contribution < -0.4 is 10.1 Å². The molecule has 0 aromatic heterocycles. The number of nitrogens with one attached hydrogen (secondary N) is 1. The van der Waals surface area contributed by atoms with Crippen molar-refractivity contribution < 1.29 is 23.9 Å². The summed E-state index contributed by atoms with van der Waals surface area (Å²) in [5.74, 6) is 0.144. The van der Waals surface area contributed by atoms with Crippen LogP contribution in [-0.2, 0) is 14.3 Å². The molecule has 1 heterocycles. The van der Waals surface area contributed by atoms with Gasteiger partial charge in [0.25, 0.3) is 11.8 Å². The summed E-state index contributed by atoms with van der Waals surface area (Å²) in [6.07, 6.45) is 6.83. The van der Waals surface area contributed by atoms with E-state index in [0.717, 1.165) is 25.8 Å². The molecule has 0 bridgehead atoms. The summed E-state index contributed by atoms with van der Waals surface area (Å²) in [6.45, 7) is 2.64. The van der Waals surface area contributed by atoms with Crippen LogP contribution in [0.2, 0.25) is 0 Å². The first-order valence-electron chi connectivity index (χ1n) is 10.5. The van der Waals surface area contributed by atoms with Crippen LogP contribution in [-0.4, -0.2) is 55.0 Å². The third-order valence-corrected chi connectivity index (χ3v) is 5.74. The van der Waals surface area contributed by atoms with E-state index >= 15 is 0 Å². The Morgan fingerprint density at radius 3 is 2.55 bits per heavy atom. The quantitative estimate of drug-likeness (QED) is 0.709. The molecular formula is C22H30N2O5. The summed E-state index contributed by atoms with van der Waals surface area (Å²) in [7, 11) is 0. The molecule has 0 radical (unpaired) electrons. The number of piperidine rings is 1. The van der Waals surface area contributed by atoms with Crippen molar-refractivity contribution in [3.63, 3.8) is 0 Å². The predicted molar refractivity (Wildman–Crippen MR) is 108 cm³/mol. The van der Waals surface area contributed by atoms with Gasteiger partial charge >= 0.3 is 5.97 Å². The number of fused-ring (bicyclic) bond motifs is 1. The third kappa shape index (κ3) is 5.71. The number of hydrogen-bond acceptors (Lipinski definition) is 5. The summed E-state index contributed by atoms with van der Waals surface area (Å²) in [4.78, 5) is 38.5. The summed E-state index contributed by atoms with van der Waals surface area (Å²) >= 11 is 0. The fourth-order valence-corrected chi connectivity index (χ4v) is 4.33. The molecule has 7 nitrogen and oxygen atoms in total. The van der Waals surface area contributed by atoms with Crippen molar-refractivity contribution in [3.8, 4) is 5.75 Å². The van der Waals surface area contributed by atoms with E-state index in [9.17, 15) is 14.4 Å². The number of esters is 1. The lowest BCUT2D eigenvalue weighted by atomic mass is 9.78. The predicted octanol–water partition coefficient (Wildman–Crippen LogP) is 2.54. The van der Waals surface area contributed by atoms with Crippen LogP contribution in [0.1, 0.15) is 55.8 Å². The van der Waals surface area contributed by atoms with E-state index in [4.69, 9.17) is 9.47 Å². The molecule has 1 saturated carbocycles. The minimum Gasteiger partial charge on any atom is -0.494 e. The third-order valence-electron chi connectivity index (χ3n) is 5.74. The highest BCUT2D eigenvalue weighted by atomic mass is 16.5. The fourth-order valence-electron chi connectivity index (χ4n) is 4.33. The zero-order chi connectivity index (χ0) is 20.6. The summed E-state index contributed by atoms with van der Waals surface area (Å²) < 4.78 is 10.4. The number of benzene rings is 1. The van der Waals surface area contributed by atoms with Crippen LogP contribution in [0.25, 0.3) is 0 Å². The van der Waals surface area contributed by atoms with Crippen molar-refractivity contribution in [2.45, 2.75) is 51.5 Å². The standard InChI is InChI=1S/C22H30N2O5/c1-2-28-18-11-9-17(10-12-18)22(27)23-14-21(26)29-15-20(25)24-13-5-7-16-6-3-4-8-19(16)24/h9-12,16,19H,2-8,13-15H2,1H3,(H,23,27)/t16-,19+/m1/s1. The summed E-state index contributed by atoms with van der Waals surface area (Å²) in [6, 6.07) is 6.96. The van der Waals surface area contributed by atoms with Crippen molar-refractivity contribution in [3.05, 3.63) is 29.8 Å². The topological polar surface area (TPSA) is 84.9 Å². The van der Waals surface area contributed by atoms with Gasteiger partial charge in [0.2, 0.25) is 0 Å². The molecule has 7 heteroatoms. The molecule has 29 heavy (non-hydrogen) atoms. The van der Waals surface area contributed by atoms with Gasteiger partial charge < -0.3 is 19.7 Å². The smallest absolute Gasteiger partial charge is 0.325 e. The second-order valence-corrected chi connectivity index (χ2v) is 7.64. The van der Waals surface area contributed by atoms with E-state index in [1.807, 2.05) is 11.8 Å². The highest BCUT2D eigenvalue weighted by Gasteiger charge is 2.35. The Bertz CT molecular complexity index is 716. The molecular weight excluding hydrogens is 372 g/mol.